The minimum Gasteiger partial charge on any atom is -0.195 e. The normalized spacial score (nSPS) is 11.9. The van der Waals surface area contributed by atoms with Gasteiger partial charge in [0.2, 0.25) is 0 Å². The predicted molar refractivity (Wildman–Crippen MR) is 56.8 cm³/mol. The lowest BCUT2D eigenvalue weighted by atomic mass is 10.1. The molecule has 2 rings (SSSR count). The Balaban J connectivity index is 2.71. The van der Waals surface area contributed by atoms with Crippen LogP contribution < -0.4 is 0 Å². The molecule has 0 atom stereocenters. The maximum absolute atomic E-state index is 4.25. The summed E-state index contributed by atoms with van der Waals surface area (Å²) in [6.07, 6.45) is 1.75. The molecule has 0 fully saturated rings. The fourth-order valence-corrected chi connectivity index (χ4v) is 1.55. The molecule has 0 bridgehead atoms. The van der Waals surface area contributed by atoms with Crippen molar-refractivity contribution in [1.29, 1.82) is 0 Å². The number of hydrogen-bond donors (Lipinski definition) is 0. The Bertz CT molecular complexity index is 430. The van der Waals surface area contributed by atoms with E-state index in [1.807, 2.05) is 0 Å². The Morgan fingerprint density at radius 3 is 2.40 bits per heavy atom. The maximum Gasteiger partial charge on any atom is 0.157 e. The molecule has 0 N–H and O–H groups in total. The minimum atomic E-state index is 0.294. The van der Waals surface area contributed by atoms with E-state index < -0.39 is 0 Å². The van der Waals surface area contributed by atoms with Gasteiger partial charge in [0.25, 0.3) is 0 Å². The molecule has 0 spiro atoms. The summed E-state index contributed by atoms with van der Waals surface area (Å²) in [6, 6.07) is 0. The zero-order valence-electron chi connectivity index (χ0n) is 9.47. The van der Waals surface area contributed by atoms with Crippen LogP contribution in [0.2, 0.25) is 0 Å². The standard InChI is InChI=1S/C10H15N5/c1-6(2)9-8-5-11-14-15(8)10(7(3)4)13-12-9/h5-7H,1-4H3. The van der Waals surface area contributed by atoms with Crippen molar-refractivity contribution in [3.05, 3.63) is 17.7 Å². The van der Waals surface area contributed by atoms with Crippen LogP contribution in [0.5, 0.6) is 0 Å². The summed E-state index contributed by atoms with van der Waals surface area (Å²) < 4.78 is 1.78. The molecule has 15 heavy (non-hydrogen) atoms. The van der Waals surface area contributed by atoms with Gasteiger partial charge in [-0.05, 0) is 5.92 Å². The van der Waals surface area contributed by atoms with E-state index in [2.05, 4.69) is 48.2 Å². The third kappa shape index (κ3) is 1.58. The molecule has 2 heterocycles. The van der Waals surface area contributed by atoms with Crippen LogP contribution in [0.4, 0.5) is 0 Å². The molecule has 0 radical (unpaired) electrons. The molecule has 0 saturated carbocycles. The predicted octanol–water partition coefficient (Wildman–Crippen LogP) is 1.77. The van der Waals surface area contributed by atoms with Gasteiger partial charge >= 0.3 is 0 Å². The van der Waals surface area contributed by atoms with Crippen molar-refractivity contribution in [2.75, 3.05) is 0 Å². The van der Waals surface area contributed by atoms with Gasteiger partial charge < -0.3 is 0 Å². The minimum absolute atomic E-state index is 0.294. The highest BCUT2D eigenvalue weighted by Crippen LogP contribution is 2.19. The Kier molecular flexibility index (Phi) is 2.38. The number of fused-ring (bicyclic) bond motifs is 1. The summed E-state index contributed by atoms with van der Waals surface area (Å²) in [7, 11) is 0. The van der Waals surface area contributed by atoms with Crippen LogP contribution in [0.25, 0.3) is 5.52 Å². The van der Waals surface area contributed by atoms with Crippen LogP contribution >= 0.6 is 0 Å². The lowest BCUT2D eigenvalue weighted by molar-refractivity contribution is 0.644. The highest BCUT2D eigenvalue weighted by Gasteiger charge is 2.14. The first kappa shape index (κ1) is 10.0. The molecule has 0 aliphatic rings. The maximum atomic E-state index is 4.25. The second kappa shape index (κ2) is 3.56. The summed E-state index contributed by atoms with van der Waals surface area (Å²) in [5.74, 6) is 1.48. The fourth-order valence-electron chi connectivity index (χ4n) is 1.55. The van der Waals surface area contributed by atoms with E-state index in [0.717, 1.165) is 17.0 Å². The molecule has 0 unspecified atom stereocenters. The van der Waals surface area contributed by atoms with E-state index in [9.17, 15) is 0 Å². The van der Waals surface area contributed by atoms with Crippen LogP contribution in [-0.4, -0.2) is 25.0 Å². The van der Waals surface area contributed by atoms with Crippen LogP contribution in [0.15, 0.2) is 6.20 Å². The van der Waals surface area contributed by atoms with Gasteiger partial charge in [-0.2, -0.15) is 9.61 Å². The lowest BCUT2D eigenvalue weighted by Gasteiger charge is -2.09. The first-order valence-electron chi connectivity index (χ1n) is 5.18. The van der Waals surface area contributed by atoms with Gasteiger partial charge in [0.05, 0.1) is 11.9 Å². The molecule has 0 aliphatic carbocycles. The van der Waals surface area contributed by atoms with Crippen molar-refractivity contribution in [2.24, 2.45) is 0 Å². The second-order valence-corrected chi connectivity index (χ2v) is 4.28. The van der Waals surface area contributed by atoms with Gasteiger partial charge in [0.15, 0.2) is 5.82 Å². The van der Waals surface area contributed by atoms with Crippen molar-refractivity contribution < 1.29 is 0 Å². The fraction of sp³-hybridized carbons (Fsp3) is 0.600. The quantitative estimate of drug-likeness (QED) is 0.749. The zero-order valence-corrected chi connectivity index (χ0v) is 9.47. The van der Waals surface area contributed by atoms with Gasteiger partial charge in [-0.15, -0.1) is 10.2 Å². The monoisotopic (exact) mass is 205 g/mol. The Morgan fingerprint density at radius 2 is 1.80 bits per heavy atom. The van der Waals surface area contributed by atoms with Gasteiger partial charge in [0, 0.05) is 5.92 Å². The van der Waals surface area contributed by atoms with E-state index in [4.69, 9.17) is 0 Å². The average molecular weight is 205 g/mol. The SMILES string of the molecule is CC(C)c1nnc(C(C)C)n2nncc12. The Labute approximate surface area is 88.5 Å². The third-order valence-corrected chi connectivity index (χ3v) is 2.35. The van der Waals surface area contributed by atoms with Crippen LogP contribution in [0, 0.1) is 0 Å². The smallest absolute Gasteiger partial charge is 0.157 e. The van der Waals surface area contributed by atoms with Crippen molar-refractivity contribution >= 4 is 5.52 Å². The Hall–Kier alpha value is -1.52. The van der Waals surface area contributed by atoms with Crippen molar-refractivity contribution in [2.45, 2.75) is 39.5 Å². The molecule has 2 aromatic heterocycles. The average Bonchev–Trinajstić information content (AvgIpc) is 2.63. The molecule has 0 saturated heterocycles. The van der Waals surface area contributed by atoms with Crippen molar-refractivity contribution in [3.8, 4) is 0 Å². The van der Waals surface area contributed by atoms with Crippen molar-refractivity contribution in [1.82, 2.24) is 25.0 Å². The van der Waals surface area contributed by atoms with E-state index >= 15 is 0 Å². The summed E-state index contributed by atoms with van der Waals surface area (Å²) in [5, 5.41) is 16.4. The molecule has 2 aromatic rings. The van der Waals surface area contributed by atoms with Crippen LogP contribution in [0.1, 0.15) is 51.0 Å². The summed E-state index contributed by atoms with van der Waals surface area (Å²) >= 11 is 0. The van der Waals surface area contributed by atoms with Gasteiger partial charge in [-0.1, -0.05) is 32.9 Å². The Morgan fingerprint density at radius 1 is 1.07 bits per heavy atom. The lowest BCUT2D eigenvalue weighted by Crippen LogP contribution is -2.10. The largest absolute Gasteiger partial charge is 0.195 e. The first-order chi connectivity index (χ1) is 7.11. The molecule has 5 nitrogen and oxygen atoms in total. The molecular weight excluding hydrogens is 190 g/mol. The van der Waals surface area contributed by atoms with E-state index in [-0.39, 0.29) is 0 Å². The highest BCUT2D eigenvalue weighted by molar-refractivity contribution is 5.49. The molecular formula is C10H15N5. The molecule has 5 heteroatoms. The summed E-state index contributed by atoms with van der Waals surface area (Å²) in [6.45, 7) is 8.32. The van der Waals surface area contributed by atoms with Crippen LogP contribution in [0.3, 0.4) is 0 Å². The topological polar surface area (TPSA) is 56.0 Å². The van der Waals surface area contributed by atoms with E-state index in [1.54, 1.807) is 10.7 Å². The zero-order chi connectivity index (χ0) is 11.0. The van der Waals surface area contributed by atoms with Gasteiger partial charge in [-0.25, -0.2) is 0 Å². The molecule has 0 aliphatic heterocycles. The number of aromatic nitrogens is 5. The number of nitrogens with zero attached hydrogens (tertiary/aromatic N) is 5. The number of rotatable bonds is 2. The van der Waals surface area contributed by atoms with Crippen molar-refractivity contribution in [3.63, 3.8) is 0 Å². The van der Waals surface area contributed by atoms with E-state index in [0.29, 0.717) is 11.8 Å². The highest BCUT2D eigenvalue weighted by atomic mass is 15.4. The molecule has 0 aromatic carbocycles. The number of hydrogen-bond acceptors (Lipinski definition) is 4. The second-order valence-electron chi connectivity index (χ2n) is 4.28. The first-order valence-corrected chi connectivity index (χ1v) is 5.18. The third-order valence-electron chi connectivity index (χ3n) is 2.35. The van der Waals surface area contributed by atoms with E-state index in [1.165, 1.54) is 0 Å². The molecule has 0 amide bonds. The van der Waals surface area contributed by atoms with Gasteiger partial charge in [-0.3, -0.25) is 0 Å². The van der Waals surface area contributed by atoms with Gasteiger partial charge in [0.1, 0.15) is 5.52 Å². The summed E-state index contributed by atoms with van der Waals surface area (Å²) in [4.78, 5) is 0. The molecule has 80 valence electrons. The van der Waals surface area contributed by atoms with Crippen LogP contribution in [-0.2, 0) is 0 Å². The summed E-state index contributed by atoms with van der Waals surface area (Å²) in [5.41, 5.74) is 1.91.